The summed E-state index contributed by atoms with van der Waals surface area (Å²) in [6.45, 7) is 0.533. The number of amides is 1. The smallest absolute Gasteiger partial charge is 0.314 e. The molecule has 1 aromatic carbocycles. The zero-order valence-electron chi connectivity index (χ0n) is 10.6. The van der Waals surface area contributed by atoms with Crippen LogP contribution >= 0.6 is 0 Å². The third kappa shape index (κ3) is 2.75. The maximum absolute atomic E-state index is 11.4. The number of nitro benzene ring substituents is 1. The Hall–Kier alpha value is -2.31. The summed E-state index contributed by atoms with van der Waals surface area (Å²) in [6.07, 6.45) is 1.11. The Morgan fingerprint density at radius 1 is 1.53 bits per heavy atom. The molecule has 0 saturated carbocycles. The summed E-state index contributed by atoms with van der Waals surface area (Å²) in [6, 6.07) is 4.80. The second-order valence-electron chi connectivity index (χ2n) is 4.65. The van der Waals surface area contributed by atoms with E-state index in [0.29, 0.717) is 25.1 Å². The van der Waals surface area contributed by atoms with Gasteiger partial charge in [0.25, 0.3) is 0 Å². The van der Waals surface area contributed by atoms with Crippen molar-refractivity contribution in [3.8, 4) is 0 Å². The minimum absolute atomic E-state index is 0.00296. The molecule has 1 saturated heterocycles. The molecule has 1 aromatic rings. The summed E-state index contributed by atoms with van der Waals surface area (Å²) in [7, 11) is 1.73. The molecule has 0 bridgehead atoms. The summed E-state index contributed by atoms with van der Waals surface area (Å²) in [5.41, 5.74) is 6.06. The van der Waals surface area contributed by atoms with Gasteiger partial charge in [-0.2, -0.15) is 0 Å². The molecule has 1 aliphatic heterocycles. The molecule has 1 fully saturated rings. The Labute approximate surface area is 110 Å². The maximum atomic E-state index is 11.4. The molecule has 2 rings (SSSR count). The monoisotopic (exact) mass is 264 g/mol. The Morgan fingerprint density at radius 2 is 2.26 bits per heavy atom. The van der Waals surface area contributed by atoms with Crippen LogP contribution in [-0.2, 0) is 4.79 Å². The van der Waals surface area contributed by atoms with E-state index in [1.165, 1.54) is 6.07 Å². The van der Waals surface area contributed by atoms with Gasteiger partial charge in [0.1, 0.15) is 11.4 Å². The number of nitrogen functional groups attached to an aromatic ring is 1. The molecular weight excluding hydrogens is 248 g/mol. The molecule has 1 atom stereocenters. The van der Waals surface area contributed by atoms with Crippen molar-refractivity contribution >= 4 is 23.0 Å². The zero-order chi connectivity index (χ0) is 14.0. The Morgan fingerprint density at radius 3 is 2.89 bits per heavy atom. The van der Waals surface area contributed by atoms with Crippen LogP contribution < -0.4 is 11.1 Å². The number of likely N-dealkylation sites (N-methyl/N-ethyl adjacent to an activating group) is 1. The van der Waals surface area contributed by atoms with Crippen molar-refractivity contribution in [2.75, 3.05) is 24.6 Å². The van der Waals surface area contributed by atoms with Gasteiger partial charge >= 0.3 is 5.69 Å². The Balaban J connectivity index is 2.18. The molecule has 3 N–H and O–H groups in total. The van der Waals surface area contributed by atoms with Crippen LogP contribution in [-0.4, -0.2) is 35.4 Å². The first-order chi connectivity index (χ1) is 8.99. The van der Waals surface area contributed by atoms with Crippen LogP contribution in [0, 0.1) is 10.1 Å². The van der Waals surface area contributed by atoms with Crippen molar-refractivity contribution in [3.05, 3.63) is 28.3 Å². The largest absolute Gasteiger partial charge is 0.393 e. The molecule has 0 radical (unpaired) electrons. The minimum atomic E-state index is -0.491. The van der Waals surface area contributed by atoms with Crippen molar-refractivity contribution in [1.82, 2.24) is 4.90 Å². The molecule has 1 aliphatic rings. The molecule has 102 valence electrons. The van der Waals surface area contributed by atoms with Gasteiger partial charge in [0.2, 0.25) is 5.91 Å². The Bertz CT molecular complexity index is 518. The number of nitrogens with two attached hydrogens (primary N) is 1. The lowest BCUT2D eigenvalue weighted by Gasteiger charge is -2.30. The quantitative estimate of drug-likeness (QED) is 0.485. The molecule has 1 heterocycles. The van der Waals surface area contributed by atoms with Crippen molar-refractivity contribution in [2.45, 2.75) is 18.9 Å². The zero-order valence-corrected chi connectivity index (χ0v) is 10.6. The van der Waals surface area contributed by atoms with Crippen molar-refractivity contribution in [3.63, 3.8) is 0 Å². The third-order valence-corrected chi connectivity index (χ3v) is 3.24. The number of anilines is 2. The number of carbonyl (C=O) groups excluding carboxylic acids is 1. The summed E-state index contributed by atoms with van der Waals surface area (Å²) in [4.78, 5) is 23.5. The molecule has 1 unspecified atom stereocenters. The van der Waals surface area contributed by atoms with Crippen LogP contribution in [0.5, 0.6) is 0 Å². The van der Waals surface area contributed by atoms with E-state index in [1.807, 2.05) is 0 Å². The number of benzene rings is 1. The van der Waals surface area contributed by atoms with E-state index < -0.39 is 4.92 Å². The van der Waals surface area contributed by atoms with Gasteiger partial charge in [-0.15, -0.1) is 0 Å². The third-order valence-electron chi connectivity index (χ3n) is 3.24. The average Bonchev–Trinajstić information content (AvgIpc) is 2.33. The molecule has 0 aliphatic carbocycles. The molecule has 7 nitrogen and oxygen atoms in total. The topological polar surface area (TPSA) is 102 Å². The maximum Gasteiger partial charge on any atom is 0.314 e. The summed E-state index contributed by atoms with van der Waals surface area (Å²) in [5.74, 6) is 0.0973. The highest BCUT2D eigenvalue weighted by Gasteiger charge is 2.25. The van der Waals surface area contributed by atoms with Crippen LogP contribution in [0.1, 0.15) is 12.8 Å². The summed E-state index contributed by atoms with van der Waals surface area (Å²) < 4.78 is 0. The van der Waals surface area contributed by atoms with Gasteiger partial charge in [-0.25, -0.2) is 0 Å². The summed E-state index contributed by atoms with van der Waals surface area (Å²) >= 11 is 0. The molecule has 19 heavy (non-hydrogen) atoms. The molecule has 1 amide bonds. The Kier molecular flexibility index (Phi) is 3.55. The minimum Gasteiger partial charge on any atom is -0.393 e. The van der Waals surface area contributed by atoms with Crippen LogP contribution in [0.3, 0.4) is 0 Å². The number of para-hydroxylation sites is 1. The number of likely N-dealkylation sites (tertiary alicyclic amines) is 1. The molecule has 0 spiro atoms. The van der Waals surface area contributed by atoms with E-state index in [9.17, 15) is 14.9 Å². The van der Waals surface area contributed by atoms with Gasteiger partial charge in [0.15, 0.2) is 0 Å². The van der Waals surface area contributed by atoms with Gasteiger partial charge < -0.3 is 16.0 Å². The number of hydrogen-bond acceptors (Lipinski definition) is 5. The van der Waals surface area contributed by atoms with Crippen molar-refractivity contribution in [2.24, 2.45) is 0 Å². The van der Waals surface area contributed by atoms with Gasteiger partial charge in [-0.3, -0.25) is 14.9 Å². The van der Waals surface area contributed by atoms with Crippen molar-refractivity contribution < 1.29 is 9.72 Å². The SMILES string of the molecule is CN1CC(Nc2cccc(N)c2[N+](=O)[O-])CCC1=O. The lowest BCUT2D eigenvalue weighted by atomic mass is 10.0. The molecule has 0 aromatic heterocycles. The summed E-state index contributed by atoms with van der Waals surface area (Å²) in [5, 5.41) is 14.1. The number of piperidine rings is 1. The van der Waals surface area contributed by atoms with E-state index in [4.69, 9.17) is 5.73 Å². The number of hydrogen-bond donors (Lipinski definition) is 2. The number of carbonyl (C=O) groups is 1. The molecule has 7 heteroatoms. The fourth-order valence-corrected chi connectivity index (χ4v) is 2.23. The first-order valence-electron chi connectivity index (χ1n) is 6.02. The number of rotatable bonds is 3. The predicted octanol–water partition coefficient (Wildman–Crippen LogP) is 1.21. The van der Waals surface area contributed by atoms with Crippen LogP contribution in [0.15, 0.2) is 18.2 Å². The van der Waals surface area contributed by atoms with E-state index in [1.54, 1.807) is 24.1 Å². The van der Waals surface area contributed by atoms with Gasteiger partial charge in [0, 0.05) is 26.1 Å². The second-order valence-corrected chi connectivity index (χ2v) is 4.65. The number of nitro groups is 1. The van der Waals surface area contributed by atoms with Crippen LogP contribution in [0.4, 0.5) is 17.1 Å². The standard InChI is InChI=1S/C12H16N4O3/c1-15-7-8(5-6-11(15)17)14-10-4-2-3-9(13)12(10)16(18)19/h2-4,8,14H,5-7,13H2,1H3. The second kappa shape index (κ2) is 5.13. The average molecular weight is 264 g/mol. The van der Waals surface area contributed by atoms with E-state index in [0.717, 1.165) is 0 Å². The normalized spacial score (nSPS) is 19.3. The van der Waals surface area contributed by atoms with Gasteiger partial charge in [-0.1, -0.05) is 6.07 Å². The highest BCUT2D eigenvalue weighted by Crippen LogP contribution is 2.31. The predicted molar refractivity (Wildman–Crippen MR) is 71.8 cm³/mol. The lowest BCUT2D eigenvalue weighted by Crippen LogP contribution is -2.43. The van der Waals surface area contributed by atoms with E-state index in [2.05, 4.69) is 5.32 Å². The lowest BCUT2D eigenvalue weighted by molar-refractivity contribution is -0.383. The van der Waals surface area contributed by atoms with Crippen molar-refractivity contribution in [1.29, 1.82) is 0 Å². The highest BCUT2D eigenvalue weighted by molar-refractivity contribution is 5.78. The number of nitrogens with zero attached hydrogens (tertiary/aromatic N) is 2. The van der Waals surface area contributed by atoms with Crippen LogP contribution in [0.2, 0.25) is 0 Å². The van der Waals surface area contributed by atoms with E-state index in [-0.39, 0.29) is 23.3 Å². The van der Waals surface area contributed by atoms with Gasteiger partial charge in [0.05, 0.1) is 4.92 Å². The highest BCUT2D eigenvalue weighted by atomic mass is 16.6. The van der Waals surface area contributed by atoms with E-state index >= 15 is 0 Å². The van der Waals surface area contributed by atoms with Gasteiger partial charge in [-0.05, 0) is 18.6 Å². The fourth-order valence-electron chi connectivity index (χ4n) is 2.23. The first-order valence-corrected chi connectivity index (χ1v) is 6.02. The fraction of sp³-hybridized carbons (Fsp3) is 0.417. The van der Waals surface area contributed by atoms with Crippen LogP contribution in [0.25, 0.3) is 0 Å². The number of nitrogens with one attached hydrogen (secondary N) is 1. The first kappa shape index (κ1) is 13.1. The molecular formula is C12H16N4O3.